The Morgan fingerprint density at radius 3 is 0.635 bits per heavy atom. The number of hydrogen-bond donors (Lipinski definition) is 1. The van der Waals surface area contributed by atoms with Gasteiger partial charge < -0.3 is 5.11 Å². The summed E-state index contributed by atoms with van der Waals surface area (Å²) in [5, 5.41) is 10.8. The van der Waals surface area contributed by atoms with Crippen LogP contribution in [0.5, 0.6) is 0 Å². The first-order chi connectivity index (χ1) is 25.7. The van der Waals surface area contributed by atoms with Gasteiger partial charge in [-0.25, -0.2) is 0 Å². The highest BCUT2D eigenvalue weighted by molar-refractivity contribution is 4.65. The summed E-state index contributed by atoms with van der Waals surface area (Å²) in [6.07, 6.45) is 65.1. The lowest BCUT2D eigenvalue weighted by atomic mass is 9.89. The van der Waals surface area contributed by atoms with Gasteiger partial charge in [-0.2, -0.15) is 0 Å². The third kappa shape index (κ3) is 44.4. The Morgan fingerprint density at radius 1 is 0.212 bits per heavy atom. The van der Waals surface area contributed by atoms with Crippen molar-refractivity contribution >= 4 is 0 Å². The standard InChI is InChI=1S/C51H104O/c1-4-7-10-13-16-19-22-25-26-27-28-31-34-37-40-43-48-51(52)49-44-47-50(45-41-38-35-32-29-23-20-17-14-11-8-5-2)46-42-39-36-33-30-24-21-18-15-12-9-6-3/h50-52H,4-49H2,1-3H3. The van der Waals surface area contributed by atoms with Crippen molar-refractivity contribution in [3.8, 4) is 0 Å². The molecule has 0 rings (SSSR count). The highest BCUT2D eigenvalue weighted by atomic mass is 16.3. The zero-order valence-electron chi connectivity index (χ0n) is 37.1. The zero-order valence-corrected chi connectivity index (χ0v) is 37.1. The van der Waals surface area contributed by atoms with Crippen molar-refractivity contribution in [1.82, 2.24) is 0 Å². The molecule has 314 valence electrons. The Kier molecular flexibility index (Phi) is 47.1. The van der Waals surface area contributed by atoms with Crippen molar-refractivity contribution in [2.45, 2.75) is 322 Å². The predicted octanol–water partition coefficient (Wildman–Crippen LogP) is 19.0. The Labute approximate surface area is 332 Å². The van der Waals surface area contributed by atoms with E-state index in [1.54, 1.807) is 0 Å². The van der Waals surface area contributed by atoms with Gasteiger partial charge in [-0.3, -0.25) is 0 Å². The van der Waals surface area contributed by atoms with Crippen LogP contribution in [-0.2, 0) is 0 Å². The lowest BCUT2D eigenvalue weighted by molar-refractivity contribution is 0.144. The van der Waals surface area contributed by atoms with Crippen LogP contribution in [0.3, 0.4) is 0 Å². The van der Waals surface area contributed by atoms with Crippen LogP contribution in [0.15, 0.2) is 0 Å². The molecule has 0 heterocycles. The second kappa shape index (κ2) is 47.1. The number of hydrogen-bond acceptors (Lipinski definition) is 1. The van der Waals surface area contributed by atoms with E-state index in [2.05, 4.69) is 20.8 Å². The molecule has 0 aliphatic rings. The van der Waals surface area contributed by atoms with Crippen molar-refractivity contribution in [3.05, 3.63) is 0 Å². The topological polar surface area (TPSA) is 20.2 Å². The summed E-state index contributed by atoms with van der Waals surface area (Å²) in [6, 6.07) is 0. The molecule has 0 aromatic carbocycles. The molecule has 0 aromatic rings. The van der Waals surface area contributed by atoms with E-state index in [-0.39, 0.29) is 6.10 Å². The molecule has 0 aromatic heterocycles. The highest BCUT2D eigenvalue weighted by Gasteiger charge is 2.11. The number of unbranched alkanes of at least 4 members (excludes halogenated alkanes) is 37. The Hall–Kier alpha value is -0.0400. The molecule has 1 nitrogen and oxygen atoms in total. The fraction of sp³-hybridized carbons (Fsp3) is 1.00. The molecule has 1 N–H and O–H groups in total. The summed E-state index contributed by atoms with van der Waals surface area (Å²) in [5.41, 5.74) is 0. The minimum Gasteiger partial charge on any atom is -0.393 e. The summed E-state index contributed by atoms with van der Waals surface area (Å²) in [5.74, 6) is 0.911. The van der Waals surface area contributed by atoms with Gasteiger partial charge in [0.25, 0.3) is 0 Å². The normalized spacial score (nSPS) is 12.4. The molecule has 1 heteroatoms. The van der Waals surface area contributed by atoms with E-state index in [1.165, 1.54) is 283 Å². The lowest BCUT2D eigenvalue weighted by Crippen LogP contribution is -2.08. The molecule has 0 fully saturated rings. The van der Waals surface area contributed by atoms with Crippen LogP contribution in [0, 0.1) is 5.92 Å². The van der Waals surface area contributed by atoms with E-state index < -0.39 is 0 Å². The van der Waals surface area contributed by atoms with Gasteiger partial charge in [-0.1, -0.05) is 303 Å². The minimum atomic E-state index is -0.0504. The van der Waals surface area contributed by atoms with Gasteiger partial charge in [-0.05, 0) is 18.8 Å². The van der Waals surface area contributed by atoms with Crippen LogP contribution in [0.25, 0.3) is 0 Å². The average Bonchev–Trinajstić information content (AvgIpc) is 3.15. The van der Waals surface area contributed by atoms with Crippen LogP contribution in [0.1, 0.15) is 316 Å². The van der Waals surface area contributed by atoms with Crippen molar-refractivity contribution in [2.24, 2.45) is 5.92 Å². The van der Waals surface area contributed by atoms with Crippen molar-refractivity contribution in [2.75, 3.05) is 0 Å². The number of rotatable bonds is 47. The molecule has 0 saturated heterocycles. The number of aliphatic hydroxyl groups excluding tert-OH is 1. The first kappa shape index (κ1) is 52.0. The zero-order chi connectivity index (χ0) is 37.7. The van der Waals surface area contributed by atoms with Crippen LogP contribution in [0.4, 0.5) is 0 Å². The van der Waals surface area contributed by atoms with Gasteiger partial charge in [0.15, 0.2) is 0 Å². The van der Waals surface area contributed by atoms with Gasteiger partial charge in [0, 0.05) is 0 Å². The molecule has 0 spiro atoms. The van der Waals surface area contributed by atoms with Gasteiger partial charge in [0.1, 0.15) is 0 Å². The Balaban J connectivity index is 3.97. The van der Waals surface area contributed by atoms with Crippen molar-refractivity contribution in [3.63, 3.8) is 0 Å². The first-order valence-corrected chi connectivity index (χ1v) is 25.4. The van der Waals surface area contributed by atoms with E-state index in [9.17, 15) is 5.11 Å². The lowest BCUT2D eigenvalue weighted by Gasteiger charge is -2.18. The summed E-state index contributed by atoms with van der Waals surface area (Å²) in [6.45, 7) is 6.94. The van der Waals surface area contributed by atoms with Gasteiger partial charge in [-0.15, -0.1) is 0 Å². The molecule has 0 radical (unpaired) electrons. The van der Waals surface area contributed by atoms with Crippen LogP contribution >= 0.6 is 0 Å². The maximum atomic E-state index is 10.8. The van der Waals surface area contributed by atoms with Gasteiger partial charge in [0.2, 0.25) is 0 Å². The smallest absolute Gasteiger partial charge is 0.0540 e. The van der Waals surface area contributed by atoms with Crippen LogP contribution in [0.2, 0.25) is 0 Å². The molecule has 0 aliphatic carbocycles. The molecule has 0 aliphatic heterocycles. The van der Waals surface area contributed by atoms with E-state index in [4.69, 9.17) is 0 Å². The van der Waals surface area contributed by atoms with Crippen LogP contribution < -0.4 is 0 Å². The van der Waals surface area contributed by atoms with E-state index in [0.717, 1.165) is 18.8 Å². The molecule has 0 bridgehead atoms. The molecule has 0 saturated carbocycles. The number of aliphatic hydroxyl groups is 1. The first-order valence-electron chi connectivity index (χ1n) is 25.4. The average molecular weight is 733 g/mol. The van der Waals surface area contributed by atoms with Crippen LogP contribution in [-0.4, -0.2) is 11.2 Å². The monoisotopic (exact) mass is 733 g/mol. The second-order valence-corrected chi connectivity index (χ2v) is 17.9. The summed E-state index contributed by atoms with van der Waals surface area (Å²) in [7, 11) is 0. The van der Waals surface area contributed by atoms with E-state index in [1.807, 2.05) is 0 Å². The van der Waals surface area contributed by atoms with Crippen molar-refractivity contribution < 1.29 is 5.11 Å². The third-order valence-electron chi connectivity index (χ3n) is 12.5. The summed E-state index contributed by atoms with van der Waals surface area (Å²) in [4.78, 5) is 0. The Bertz CT molecular complexity index is 572. The summed E-state index contributed by atoms with van der Waals surface area (Å²) < 4.78 is 0. The SMILES string of the molecule is CCCCCCCCCCCCCCCCCCC(O)CCCC(CCCCCCCCCCCCCC)CCCCCCCCCCCCCC. The second-order valence-electron chi connectivity index (χ2n) is 17.9. The van der Waals surface area contributed by atoms with Gasteiger partial charge >= 0.3 is 0 Å². The van der Waals surface area contributed by atoms with E-state index >= 15 is 0 Å². The molecule has 1 unspecified atom stereocenters. The highest BCUT2D eigenvalue weighted by Crippen LogP contribution is 2.25. The minimum absolute atomic E-state index is 0.0504. The van der Waals surface area contributed by atoms with Gasteiger partial charge in [0.05, 0.1) is 6.10 Å². The fourth-order valence-electron chi connectivity index (χ4n) is 8.70. The molecule has 52 heavy (non-hydrogen) atoms. The fourth-order valence-corrected chi connectivity index (χ4v) is 8.70. The Morgan fingerprint density at radius 2 is 0.385 bits per heavy atom. The largest absolute Gasteiger partial charge is 0.393 e. The quantitative estimate of drug-likeness (QED) is 0.0618. The third-order valence-corrected chi connectivity index (χ3v) is 12.5. The molecular weight excluding hydrogens is 629 g/mol. The molecular formula is C51H104O. The van der Waals surface area contributed by atoms with Crippen molar-refractivity contribution in [1.29, 1.82) is 0 Å². The van der Waals surface area contributed by atoms with E-state index in [0.29, 0.717) is 0 Å². The maximum absolute atomic E-state index is 10.8. The molecule has 1 atom stereocenters. The predicted molar refractivity (Wildman–Crippen MR) is 239 cm³/mol. The molecule has 0 amide bonds. The maximum Gasteiger partial charge on any atom is 0.0540 e. The summed E-state index contributed by atoms with van der Waals surface area (Å²) >= 11 is 0.